The van der Waals surface area contributed by atoms with Gasteiger partial charge in [-0.25, -0.2) is 8.42 Å². The van der Waals surface area contributed by atoms with Gasteiger partial charge >= 0.3 is 29.6 Å². The first-order valence-corrected chi connectivity index (χ1v) is 45.9. The van der Waals surface area contributed by atoms with Crippen LogP contribution in [0.5, 0.6) is 0 Å². The molecule has 12 nitrogen and oxygen atoms in total. The molecule has 0 aromatic carbocycles. The Balaban J connectivity index is 0.0001000. The molecule has 0 heterocycles. The van der Waals surface area contributed by atoms with Crippen LogP contribution in [0.1, 0.15) is 467 Å². The van der Waals surface area contributed by atoms with E-state index in [1.165, 1.54) is 103 Å². The van der Waals surface area contributed by atoms with Gasteiger partial charge in [-0.3, -0.25) is 0 Å². The zero-order valence-electron chi connectivity index (χ0n) is 69.2. The fraction of sp³-hybridized carbons (Fsp3) is 0.977. The van der Waals surface area contributed by atoms with Gasteiger partial charge in [0.1, 0.15) is 10.1 Å². The van der Waals surface area contributed by atoms with E-state index in [0.717, 1.165) is 244 Å². The van der Waals surface area contributed by atoms with Gasteiger partial charge in [0.15, 0.2) is 5.76 Å². The Labute approximate surface area is 650 Å². The fourth-order valence-electron chi connectivity index (χ4n) is 14.5. The van der Waals surface area contributed by atoms with Gasteiger partial charge < -0.3 is 47.2 Å². The Morgan fingerprint density at radius 1 is 0.218 bits per heavy atom. The molecule has 101 heavy (non-hydrogen) atoms. The number of rotatable bonds is 82. The quantitative estimate of drug-likeness (QED) is 0.0248. The second-order valence-electron chi connectivity index (χ2n) is 30.3. The van der Waals surface area contributed by atoms with E-state index in [-0.39, 0.29) is 101 Å². The number of hydrogen-bond donors (Lipinski definition) is 0. The minimum atomic E-state index is -5.86. The van der Waals surface area contributed by atoms with Crippen LogP contribution in [-0.2, 0) is 52.7 Å². The summed E-state index contributed by atoms with van der Waals surface area (Å²) >= 11 is 0. The topological polar surface area (TPSA) is 140 Å². The molecule has 0 saturated heterocycles. The first-order chi connectivity index (χ1) is 49.1. The molecule has 0 bridgehead atoms. The maximum absolute atomic E-state index is 16.4. The minimum Gasteiger partial charge on any atom is -0.745 e. The largest absolute Gasteiger partial charge is 1.00 e. The van der Waals surface area contributed by atoms with Crippen LogP contribution >= 0.6 is 0 Å². The summed E-state index contributed by atoms with van der Waals surface area (Å²) in [5.41, 5.74) is 0. The van der Waals surface area contributed by atoms with Crippen molar-refractivity contribution in [1.29, 1.82) is 0 Å². The molecule has 1 atom stereocenters. The van der Waals surface area contributed by atoms with Gasteiger partial charge in [-0.1, -0.05) is 409 Å². The Hall–Kier alpha value is -0.0300. The molecule has 0 saturated carbocycles. The predicted molar refractivity (Wildman–Crippen MR) is 423 cm³/mol. The van der Waals surface area contributed by atoms with Gasteiger partial charge in [0.2, 0.25) is 5.76 Å². The van der Waals surface area contributed by atoms with Gasteiger partial charge in [0, 0.05) is 6.61 Å². The average molecular weight is 1460 g/mol. The molecular weight excluding hydrogens is 1290 g/mol. The maximum Gasteiger partial charge on any atom is 1.00 e. The van der Waals surface area contributed by atoms with E-state index in [2.05, 4.69) is 62.3 Å². The third kappa shape index (κ3) is 43.2. The molecule has 0 aromatic heterocycles. The van der Waals surface area contributed by atoms with E-state index in [0.29, 0.717) is 57.8 Å². The van der Waals surface area contributed by atoms with Crippen molar-refractivity contribution in [3.05, 3.63) is 11.5 Å². The van der Waals surface area contributed by atoms with Gasteiger partial charge in [0.25, 0.3) is 22.3 Å². The van der Waals surface area contributed by atoms with Crippen molar-refractivity contribution in [1.82, 2.24) is 0 Å². The fourth-order valence-corrected chi connectivity index (χ4v) is 15.6. The van der Waals surface area contributed by atoms with Crippen molar-refractivity contribution in [2.45, 2.75) is 489 Å². The van der Waals surface area contributed by atoms with E-state index < -0.39 is 32.4 Å². The molecule has 14 heteroatoms. The Morgan fingerprint density at radius 3 is 0.604 bits per heavy atom. The summed E-state index contributed by atoms with van der Waals surface area (Å²) in [6.45, 7) is 21.1. The van der Waals surface area contributed by atoms with Crippen molar-refractivity contribution >= 4 is 10.1 Å². The van der Waals surface area contributed by atoms with Crippen LogP contribution in [0.25, 0.3) is 0 Å². The monoisotopic (exact) mass is 1460 g/mol. The molecule has 0 aromatic rings. The molecule has 1 aliphatic carbocycles. The molecule has 598 valence electrons. The van der Waals surface area contributed by atoms with Crippen molar-refractivity contribution in [2.75, 3.05) is 59.5 Å². The molecule has 0 spiro atoms. The number of ether oxygens (including phenoxy) is 9. The normalized spacial score (nSPS) is 15.8. The van der Waals surface area contributed by atoms with Crippen LogP contribution in [0, 0.1) is 0 Å². The van der Waals surface area contributed by atoms with Crippen molar-refractivity contribution in [3.63, 3.8) is 0 Å². The molecule has 0 amide bonds. The SMILES string of the molecule is CCCCCCCCCOC1=C(OCCCCCCCCC)C(OCCCCCCCCC)(S(=O)(=O)[O-])C(OCCCCCCCCC)(OCCCCCCCCC)C(OCCCCCCCCC)(OCCCCCCCCC)C1(OCCCCCCCCC)OCCCCCCCCC.[Na+]. The Morgan fingerprint density at radius 2 is 0.386 bits per heavy atom. The van der Waals surface area contributed by atoms with Crippen LogP contribution in [-0.4, -0.2) is 94.7 Å². The Bertz CT molecular complexity index is 1810. The van der Waals surface area contributed by atoms with Gasteiger partial charge in [-0.2, -0.15) is 0 Å². The summed E-state index contributed by atoms with van der Waals surface area (Å²) in [5.74, 6) is -7.73. The van der Waals surface area contributed by atoms with Crippen LogP contribution in [0.15, 0.2) is 11.5 Å². The minimum absolute atomic E-state index is 0. The summed E-state index contributed by atoms with van der Waals surface area (Å²) in [7, 11) is -5.86. The zero-order chi connectivity index (χ0) is 72.9. The van der Waals surface area contributed by atoms with E-state index in [4.69, 9.17) is 42.6 Å². The van der Waals surface area contributed by atoms with E-state index in [1.807, 2.05) is 0 Å². The second kappa shape index (κ2) is 71.6. The zero-order valence-corrected chi connectivity index (χ0v) is 72.0. The maximum atomic E-state index is 16.4. The van der Waals surface area contributed by atoms with Crippen LogP contribution in [0.3, 0.4) is 0 Å². The van der Waals surface area contributed by atoms with Gasteiger partial charge in [-0.15, -0.1) is 0 Å². The van der Waals surface area contributed by atoms with E-state index >= 15 is 13.0 Å². The molecule has 0 radical (unpaired) electrons. The Kier molecular flexibility index (Phi) is 71.5. The van der Waals surface area contributed by atoms with Gasteiger partial charge in [-0.05, 0) is 57.8 Å². The summed E-state index contributed by atoms with van der Waals surface area (Å²) in [4.78, 5) is -3.07. The average Bonchev–Trinajstić information content (AvgIpc) is 0.656. The standard InChI is InChI=1S/C87H172O12S.Na/c1-10-19-28-37-46-55-64-73-91-82-83(92-74-65-56-47-38-29-20-11-2)85(100(88,89)90,95-77-68-59-50-41-32-23-14-5)87(98-80-71-62-53-44-35-26-17-8,99-81-72-63-54-45-36-27-18-9)86(96-78-69-60-51-42-33-24-15-6,97-79-70-61-52-43-34-25-16-7)84(82,93-75-66-57-48-39-30-21-12-3)94-76-67-58-49-40-31-22-13-4;/h10-81H2,1-9H3,(H,88,89,90);/q;+1/p-1. The first kappa shape index (κ1) is 101. The summed E-state index contributed by atoms with van der Waals surface area (Å²) in [6.07, 6.45) is 63.9. The molecular formula is C87H171NaO12S. The van der Waals surface area contributed by atoms with Gasteiger partial charge in [0.05, 0.1) is 52.9 Å². The summed E-state index contributed by atoms with van der Waals surface area (Å²) < 4.78 is 119. The molecule has 0 aliphatic heterocycles. The second-order valence-corrected chi connectivity index (χ2v) is 31.8. The number of unbranched alkanes of at least 4 members (excludes halogenated alkanes) is 54. The van der Waals surface area contributed by atoms with Crippen molar-refractivity contribution in [3.8, 4) is 0 Å². The van der Waals surface area contributed by atoms with Crippen LogP contribution < -0.4 is 29.6 Å². The number of hydrogen-bond acceptors (Lipinski definition) is 12. The molecule has 1 unspecified atom stereocenters. The smallest absolute Gasteiger partial charge is 0.745 e. The molecule has 0 fully saturated rings. The predicted octanol–water partition coefficient (Wildman–Crippen LogP) is 24.5. The summed E-state index contributed by atoms with van der Waals surface area (Å²) in [5, 5.41) is 0. The third-order valence-electron chi connectivity index (χ3n) is 20.8. The third-order valence-corrected chi connectivity index (χ3v) is 22.1. The molecule has 1 aliphatic rings. The molecule has 1 rings (SSSR count). The van der Waals surface area contributed by atoms with Crippen LogP contribution in [0.4, 0.5) is 0 Å². The van der Waals surface area contributed by atoms with Crippen molar-refractivity contribution in [2.24, 2.45) is 0 Å². The first-order valence-electron chi connectivity index (χ1n) is 44.5. The van der Waals surface area contributed by atoms with E-state index in [9.17, 15) is 0 Å². The molecule has 0 N–H and O–H groups in total. The summed E-state index contributed by atoms with van der Waals surface area (Å²) in [6, 6.07) is 0. The van der Waals surface area contributed by atoms with Crippen LogP contribution in [0.2, 0.25) is 0 Å². The van der Waals surface area contributed by atoms with E-state index in [1.54, 1.807) is 0 Å². The van der Waals surface area contributed by atoms with Crippen molar-refractivity contribution < 1.29 is 85.2 Å².